The predicted molar refractivity (Wildman–Crippen MR) is 87.3 cm³/mol. The van der Waals surface area contributed by atoms with Crippen molar-refractivity contribution in [1.29, 1.82) is 0 Å². The molecule has 1 aromatic rings. The number of aryl methyl sites for hydroxylation is 1. The highest BCUT2D eigenvalue weighted by Gasteiger charge is 2.23. The highest BCUT2D eigenvalue weighted by Crippen LogP contribution is 2.17. The topological polar surface area (TPSA) is 32.3 Å². The lowest BCUT2D eigenvalue weighted by atomic mass is 9.96. The van der Waals surface area contributed by atoms with E-state index in [1.807, 2.05) is 12.1 Å². The van der Waals surface area contributed by atoms with Crippen molar-refractivity contribution < 1.29 is 4.79 Å². The number of hydrogen-bond acceptors (Lipinski definition) is 2. The summed E-state index contributed by atoms with van der Waals surface area (Å²) in [6.45, 7) is 9.40. The second kappa shape index (κ2) is 7.60. The first kappa shape index (κ1) is 16.0. The van der Waals surface area contributed by atoms with Crippen LogP contribution in [0.4, 0.5) is 0 Å². The Balaban J connectivity index is 2.00. The zero-order valence-electron chi connectivity index (χ0n) is 13.6. The average Bonchev–Trinajstić information content (AvgIpc) is 2.48. The number of rotatable bonds is 5. The van der Waals surface area contributed by atoms with Gasteiger partial charge in [0.25, 0.3) is 0 Å². The molecule has 1 aromatic carbocycles. The van der Waals surface area contributed by atoms with E-state index in [2.05, 4.69) is 43.1 Å². The van der Waals surface area contributed by atoms with Gasteiger partial charge in [0.05, 0.1) is 6.42 Å². The van der Waals surface area contributed by atoms with Crippen LogP contribution in [0.1, 0.15) is 37.8 Å². The maximum atomic E-state index is 12.7. The predicted octanol–water partition coefficient (Wildman–Crippen LogP) is 2.77. The summed E-state index contributed by atoms with van der Waals surface area (Å²) in [5.74, 6) is 0.910. The second-order valence-electron chi connectivity index (χ2n) is 6.44. The molecule has 3 nitrogen and oxygen atoms in total. The summed E-state index contributed by atoms with van der Waals surface area (Å²) in [6.07, 6.45) is 2.89. The van der Waals surface area contributed by atoms with E-state index in [1.54, 1.807) is 0 Å². The highest BCUT2D eigenvalue weighted by molar-refractivity contribution is 5.79. The number of nitrogens with one attached hydrogen (secondary N) is 1. The molecule has 1 amide bonds. The second-order valence-corrected chi connectivity index (χ2v) is 6.44. The van der Waals surface area contributed by atoms with Gasteiger partial charge < -0.3 is 10.2 Å². The van der Waals surface area contributed by atoms with Crippen LogP contribution >= 0.6 is 0 Å². The molecule has 3 heteroatoms. The third-order valence-electron chi connectivity index (χ3n) is 4.46. The molecule has 2 rings (SSSR count). The van der Waals surface area contributed by atoms with Gasteiger partial charge in [-0.3, -0.25) is 4.79 Å². The number of carbonyl (C=O) groups is 1. The van der Waals surface area contributed by atoms with E-state index in [0.717, 1.165) is 25.2 Å². The zero-order valence-corrected chi connectivity index (χ0v) is 13.6. The third kappa shape index (κ3) is 4.57. The SMILES string of the molecule is Cc1ccccc1CC(=O)N(CC1CCNCC1)C(C)C. The van der Waals surface area contributed by atoms with E-state index in [0.29, 0.717) is 12.3 Å². The van der Waals surface area contributed by atoms with Crippen LogP contribution in [0.25, 0.3) is 0 Å². The lowest BCUT2D eigenvalue weighted by Gasteiger charge is -2.33. The van der Waals surface area contributed by atoms with Crippen molar-refractivity contribution in [3.63, 3.8) is 0 Å². The van der Waals surface area contributed by atoms with Crippen LogP contribution in [0.15, 0.2) is 24.3 Å². The Kier molecular flexibility index (Phi) is 5.80. The molecule has 1 saturated heterocycles. The third-order valence-corrected chi connectivity index (χ3v) is 4.46. The first-order valence-electron chi connectivity index (χ1n) is 8.12. The molecule has 0 bridgehead atoms. The molecular weight excluding hydrogens is 260 g/mol. The Labute approximate surface area is 128 Å². The van der Waals surface area contributed by atoms with Crippen LogP contribution < -0.4 is 5.32 Å². The van der Waals surface area contributed by atoms with Crippen LogP contribution in [-0.4, -0.2) is 36.5 Å². The number of carbonyl (C=O) groups excluding carboxylic acids is 1. The van der Waals surface area contributed by atoms with Crippen molar-refractivity contribution in [2.24, 2.45) is 5.92 Å². The summed E-state index contributed by atoms with van der Waals surface area (Å²) in [7, 11) is 0. The zero-order chi connectivity index (χ0) is 15.2. The molecule has 1 fully saturated rings. The van der Waals surface area contributed by atoms with Crippen LogP contribution in [0.5, 0.6) is 0 Å². The molecule has 0 saturated carbocycles. The molecule has 0 aliphatic carbocycles. The van der Waals surface area contributed by atoms with E-state index >= 15 is 0 Å². The molecule has 116 valence electrons. The van der Waals surface area contributed by atoms with Gasteiger partial charge in [0.2, 0.25) is 5.91 Å². The fourth-order valence-electron chi connectivity index (χ4n) is 3.02. The van der Waals surface area contributed by atoms with Crippen molar-refractivity contribution >= 4 is 5.91 Å². The molecule has 0 atom stereocenters. The Hall–Kier alpha value is -1.35. The summed E-state index contributed by atoms with van der Waals surface area (Å²) in [5, 5.41) is 3.39. The summed E-state index contributed by atoms with van der Waals surface area (Å²) >= 11 is 0. The van der Waals surface area contributed by atoms with E-state index in [1.165, 1.54) is 18.4 Å². The number of amides is 1. The van der Waals surface area contributed by atoms with E-state index < -0.39 is 0 Å². The molecular formula is C18H28N2O. The summed E-state index contributed by atoms with van der Waals surface area (Å²) in [6, 6.07) is 8.46. The maximum absolute atomic E-state index is 12.7. The molecule has 1 aliphatic heterocycles. The Morgan fingerprint density at radius 3 is 2.57 bits per heavy atom. The van der Waals surface area contributed by atoms with E-state index in [9.17, 15) is 4.79 Å². The van der Waals surface area contributed by atoms with Crippen LogP contribution in [-0.2, 0) is 11.2 Å². The molecule has 0 unspecified atom stereocenters. The molecule has 0 aromatic heterocycles. The quantitative estimate of drug-likeness (QED) is 0.903. The Morgan fingerprint density at radius 1 is 1.29 bits per heavy atom. The largest absolute Gasteiger partial charge is 0.340 e. The molecule has 0 spiro atoms. The van der Waals surface area contributed by atoms with Crippen LogP contribution in [0, 0.1) is 12.8 Å². The number of piperidine rings is 1. The van der Waals surface area contributed by atoms with Crippen LogP contribution in [0.2, 0.25) is 0 Å². The number of benzene rings is 1. The first-order valence-corrected chi connectivity index (χ1v) is 8.12. The normalized spacial score (nSPS) is 16.2. The maximum Gasteiger partial charge on any atom is 0.227 e. The minimum atomic E-state index is 0.262. The van der Waals surface area contributed by atoms with Crippen molar-refractivity contribution in [1.82, 2.24) is 10.2 Å². The van der Waals surface area contributed by atoms with Gasteiger partial charge in [0.15, 0.2) is 0 Å². The van der Waals surface area contributed by atoms with Crippen molar-refractivity contribution in [3.8, 4) is 0 Å². The number of nitrogens with zero attached hydrogens (tertiary/aromatic N) is 1. The lowest BCUT2D eigenvalue weighted by Crippen LogP contribution is -2.43. The Bertz CT molecular complexity index is 464. The van der Waals surface area contributed by atoms with Gasteiger partial charge in [-0.2, -0.15) is 0 Å². The van der Waals surface area contributed by atoms with Gasteiger partial charge in [-0.05, 0) is 63.7 Å². The highest BCUT2D eigenvalue weighted by atomic mass is 16.2. The van der Waals surface area contributed by atoms with Crippen molar-refractivity contribution in [3.05, 3.63) is 35.4 Å². The van der Waals surface area contributed by atoms with Gasteiger partial charge in [0.1, 0.15) is 0 Å². The van der Waals surface area contributed by atoms with E-state index in [4.69, 9.17) is 0 Å². The van der Waals surface area contributed by atoms with Gasteiger partial charge >= 0.3 is 0 Å². The summed E-state index contributed by atoms with van der Waals surface area (Å²) in [4.78, 5) is 14.8. The minimum absolute atomic E-state index is 0.262. The standard InChI is InChI=1S/C18H28N2O/c1-14(2)20(13-16-8-10-19-11-9-16)18(21)12-17-7-5-4-6-15(17)3/h4-7,14,16,19H,8-13H2,1-3H3. The monoisotopic (exact) mass is 288 g/mol. The molecule has 1 N–H and O–H groups in total. The Morgan fingerprint density at radius 2 is 1.95 bits per heavy atom. The fraction of sp³-hybridized carbons (Fsp3) is 0.611. The van der Waals surface area contributed by atoms with Crippen molar-refractivity contribution in [2.75, 3.05) is 19.6 Å². The van der Waals surface area contributed by atoms with Gasteiger partial charge in [-0.1, -0.05) is 24.3 Å². The van der Waals surface area contributed by atoms with Crippen LogP contribution in [0.3, 0.4) is 0 Å². The molecule has 21 heavy (non-hydrogen) atoms. The molecule has 0 radical (unpaired) electrons. The average molecular weight is 288 g/mol. The lowest BCUT2D eigenvalue weighted by molar-refractivity contribution is -0.133. The smallest absolute Gasteiger partial charge is 0.227 e. The first-order chi connectivity index (χ1) is 10.1. The van der Waals surface area contributed by atoms with Gasteiger partial charge in [0, 0.05) is 12.6 Å². The van der Waals surface area contributed by atoms with Gasteiger partial charge in [-0.15, -0.1) is 0 Å². The molecule has 1 heterocycles. The van der Waals surface area contributed by atoms with Crippen molar-refractivity contribution in [2.45, 2.75) is 46.1 Å². The fourth-order valence-corrected chi connectivity index (χ4v) is 3.02. The minimum Gasteiger partial charge on any atom is -0.340 e. The summed E-state index contributed by atoms with van der Waals surface area (Å²) < 4.78 is 0. The van der Waals surface area contributed by atoms with E-state index in [-0.39, 0.29) is 11.9 Å². The number of hydrogen-bond donors (Lipinski definition) is 1. The molecule has 1 aliphatic rings. The summed E-state index contributed by atoms with van der Waals surface area (Å²) in [5.41, 5.74) is 2.36. The van der Waals surface area contributed by atoms with Gasteiger partial charge in [-0.25, -0.2) is 0 Å².